The highest BCUT2D eigenvalue weighted by atomic mass is 16.1. The van der Waals surface area contributed by atoms with Crippen LogP contribution in [0.5, 0.6) is 0 Å². The molecule has 0 radical (unpaired) electrons. The standard InChI is InChI=1S/C12H20N2O/c1-5-7-14-8-6-13-11(14)9-10(15)12(2,3)4/h6,8H,5,7,9H2,1-4H3. The molecular weight excluding hydrogens is 188 g/mol. The average Bonchev–Trinajstić information content (AvgIpc) is 2.52. The van der Waals surface area contributed by atoms with E-state index in [2.05, 4.69) is 16.5 Å². The van der Waals surface area contributed by atoms with Crippen molar-refractivity contribution in [3.8, 4) is 0 Å². The number of nitrogens with zero attached hydrogens (tertiary/aromatic N) is 2. The zero-order valence-electron chi connectivity index (χ0n) is 10.1. The molecule has 3 heteroatoms. The molecule has 0 saturated heterocycles. The monoisotopic (exact) mass is 208 g/mol. The number of carbonyl (C=O) groups is 1. The first kappa shape index (κ1) is 12.0. The van der Waals surface area contributed by atoms with Gasteiger partial charge in [-0.2, -0.15) is 0 Å². The van der Waals surface area contributed by atoms with E-state index in [0.717, 1.165) is 18.8 Å². The Bertz CT molecular complexity index is 334. The second-order valence-corrected chi connectivity index (χ2v) is 4.89. The van der Waals surface area contributed by atoms with Crippen molar-refractivity contribution in [1.82, 2.24) is 9.55 Å². The molecule has 3 nitrogen and oxygen atoms in total. The fourth-order valence-electron chi connectivity index (χ4n) is 1.36. The fraction of sp³-hybridized carbons (Fsp3) is 0.667. The van der Waals surface area contributed by atoms with Gasteiger partial charge in [0.2, 0.25) is 0 Å². The number of imidazole rings is 1. The summed E-state index contributed by atoms with van der Waals surface area (Å²) in [6, 6.07) is 0. The van der Waals surface area contributed by atoms with Gasteiger partial charge in [-0.3, -0.25) is 4.79 Å². The number of aromatic nitrogens is 2. The first-order chi connectivity index (χ1) is 6.95. The van der Waals surface area contributed by atoms with Gasteiger partial charge in [0.15, 0.2) is 0 Å². The third-order valence-electron chi connectivity index (χ3n) is 2.42. The lowest BCUT2D eigenvalue weighted by Gasteiger charge is -2.16. The topological polar surface area (TPSA) is 34.9 Å². The van der Waals surface area contributed by atoms with Crippen molar-refractivity contribution in [3.63, 3.8) is 0 Å². The molecule has 0 bridgehead atoms. The molecular formula is C12H20N2O. The normalized spacial score (nSPS) is 11.7. The highest BCUT2D eigenvalue weighted by Gasteiger charge is 2.22. The van der Waals surface area contributed by atoms with Gasteiger partial charge in [0.1, 0.15) is 11.6 Å². The molecule has 1 aromatic heterocycles. The summed E-state index contributed by atoms with van der Waals surface area (Å²) >= 11 is 0. The van der Waals surface area contributed by atoms with Crippen LogP contribution in [0.25, 0.3) is 0 Å². The first-order valence-electron chi connectivity index (χ1n) is 5.48. The number of Topliss-reactive ketones (excluding diaryl/α,β-unsaturated/α-hetero) is 1. The maximum atomic E-state index is 11.8. The lowest BCUT2D eigenvalue weighted by molar-refractivity contribution is -0.125. The number of carbonyl (C=O) groups excluding carboxylic acids is 1. The summed E-state index contributed by atoms with van der Waals surface area (Å²) in [5.41, 5.74) is -0.275. The van der Waals surface area contributed by atoms with E-state index in [0.29, 0.717) is 6.42 Å². The molecule has 0 atom stereocenters. The summed E-state index contributed by atoms with van der Waals surface area (Å²) in [5, 5.41) is 0. The fourth-order valence-corrected chi connectivity index (χ4v) is 1.36. The van der Waals surface area contributed by atoms with Gasteiger partial charge in [-0.05, 0) is 6.42 Å². The molecule has 15 heavy (non-hydrogen) atoms. The summed E-state index contributed by atoms with van der Waals surface area (Å²) in [7, 11) is 0. The highest BCUT2D eigenvalue weighted by Crippen LogP contribution is 2.17. The second-order valence-electron chi connectivity index (χ2n) is 4.89. The molecule has 0 aliphatic carbocycles. The predicted octanol–water partition coefficient (Wildman–Crippen LogP) is 2.45. The van der Waals surface area contributed by atoms with E-state index in [9.17, 15) is 4.79 Å². The van der Waals surface area contributed by atoms with Crippen molar-refractivity contribution in [2.75, 3.05) is 0 Å². The Morgan fingerprint density at radius 1 is 1.47 bits per heavy atom. The van der Waals surface area contributed by atoms with Gasteiger partial charge in [0.25, 0.3) is 0 Å². The lowest BCUT2D eigenvalue weighted by atomic mass is 9.89. The molecule has 0 aromatic carbocycles. The van der Waals surface area contributed by atoms with Crippen LogP contribution in [0.15, 0.2) is 12.4 Å². The predicted molar refractivity (Wildman–Crippen MR) is 60.7 cm³/mol. The van der Waals surface area contributed by atoms with E-state index in [1.807, 2.05) is 27.0 Å². The van der Waals surface area contributed by atoms with Crippen LogP contribution in [0.4, 0.5) is 0 Å². The minimum Gasteiger partial charge on any atom is -0.335 e. The van der Waals surface area contributed by atoms with E-state index in [4.69, 9.17) is 0 Å². The van der Waals surface area contributed by atoms with Crippen LogP contribution in [-0.2, 0) is 17.8 Å². The molecule has 1 heterocycles. The van der Waals surface area contributed by atoms with E-state index >= 15 is 0 Å². The van der Waals surface area contributed by atoms with Gasteiger partial charge in [-0.15, -0.1) is 0 Å². The number of hydrogen-bond donors (Lipinski definition) is 0. The maximum Gasteiger partial charge on any atom is 0.145 e. The smallest absolute Gasteiger partial charge is 0.145 e. The molecule has 0 amide bonds. The summed E-state index contributed by atoms with van der Waals surface area (Å²) in [6.07, 6.45) is 5.21. The van der Waals surface area contributed by atoms with Gasteiger partial charge in [-0.25, -0.2) is 4.98 Å². The molecule has 0 spiro atoms. The largest absolute Gasteiger partial charge is 0.335 e. The van der Waals surface area contributed by atoms with E-state index < -0.39 is 0 Å². The van der Waals surface area contributed by atoms with E-state index in [1.165, 1.54) is 0 Å². The lowest BCUT2D eigenvalue weighted by Crippen LogP contribution is -2.23. The summed E-state index contributed by atoms with van der Waals surface area (Å²) in [4.78, 5) is 16.1. The SMILES string of the molecule is CCCn1ccnc1CC(=O)C(C)(C)C. The van der Waals surface area contributed by atoms with Gasteiger partial charge in [0, 0.05) is 24.4 Å². The quantitative estimate of drug-likeness (QED) is 0.761. The number of aryl methyl sites for hydroxylation is 1. The minimum absolute atomic E-state index is 0.242. The number of ketones is 1. The summed E-state index contributed by atoms with van der Waals surface area (Å²) in [5.74, 6) is 1.13. The van der Waals surface area contributed by atoms with Crippen molar-refractivity contribution >= 4 is 5.78 Å². The molecule has 0 unspecified atom stereocenters. The molecule has 0 N–H and O–H groups in total. The van der Waals surface area contributed by atoms with E-state index in [1.54, 1.807) is 6.20 Å². The van der Waals surface area contributed by atoms with Crippen LogP contribution < -0.4 is 0 Å². The van der Waals surface area contributed by atoms with Gasteiger partial charge in [-0.1, -0.05) is 27.7 Å². The maximum absolute atomic E-state index is 11.8. The highest BCUT2D eigenvalue weighted by molar-refractivity contribution is 5.85. The van der Waals surface area contributed by atoms with Crippen LogP contribution in [0.3, 0.4) is 0 Å². The zero-order chi connectivity index (χ0) is 11.5. The van der Waals surface area contributed by atoms with Crippen molar-refractivity contribution in [3.05, 3.63) is 18.2 Å². The Labute approximate surface area is 91.5 Å². The molecule has 0 aliphatic rings. The average molecular weight is 208 g/mol. The minimum atomic E-state index is -0.275. The van der Waals surface area contributed by atoms with Gasteiger partial charge < -0.3 is 4.57 Å². The van der Waals surface area contributed by atoms with Crippen LogP contribution in [0.1, 0.15) is 39.9 Å². The van der Waals surface area contributed by atoms with Crippen molar-refractivity contribution in [2.45, 2.75) is 47.1 Å². The molecule has 1 rings (SSSR count). The number of rotatable bonds is 4. The van der Waals surface area contributed by atoms with Crippen LogP contribution >= 0.6 is 0 Å². The molecule has 0 aliphatic heterocycles. The Morgan fingerprint density at radius 2 is 2.13 bits per heavy atom. The van der Waals surface area contributed by atoms with Crippen molar-refractivity contribution < 1.29 is 4.79 Å². The zero-order valence-corrected chi connectivity index (χ0v) is 10.1. The third kappa shape index (κ3) is 3.18. The van der Waals surface area contributed by atoms with Crippen molar-refractivity contribution in [2.24, 2.45) is 5.41 Å². The van der Waals surface area contributed by atoms with Crippen LogP contribution in [-0.4, -0.2) is 15.3 Å². The van der Waals surface area contributed by atoms with Gasteiger partial charge in [0.05, 0.1) is 6.42 Å². The second kappa shape index (κ2) is 4.60. The van der Waals surface area contributed by atoms with Crippen LogP contribution in [0, 0.1) is 5.41 Å². The molecule has 0 fully saturated rings. The molecule has 0 saturated carbocycles. The summed E-state index contributed by atoms with van der Waals surface area (Å²) in [6.45, 7) is 8.90. The third-order valence-corrected chi connectivity index (χ3v) is 2.42. The Morgan fingerprint density at radius 3 is 2.67 bits per heavy atom. The Kier molecular flexibility index (Phi) is 3.66. The van der Waals surface area contributed by atoms with Gasteiger partial charge >= 0.3 is 0 Å². The van der Waals surface area contributed by atoms with E-state index in [-0.39, 0.29) is 11.2 Å². The number of hydrogen-bond acceptors (Lipinski definition) is 2. The Hall–Kier alpha value is -1.12. The molecule has 1 aromatic rings. The van der Waals surface area contributed by atoms with Crippen LogP contribution in [0.2, 0.25) is 0 Å². The summed E-state index contributed by atoms with van der Waals surface area (Å²) < 4.78 is 2.06. The first-order valence-corrected chi connectivity index (χ1v) is 5.48. The molecule has 84 valence electrons. The Balaban J connectivity index is 2.72. The van der Waals surface area contributed by atoms with Crippen molar-refractivity contribution in [1.29, 1.82) is 0 Å².